The number of aromatic nitrogens is 4. The van der Waals surface area contributed by atoms with Gasteiger partial charge in [0.1, 0.15) is 24.5 Å². The van der Waals surface area contributed by atoms with E-state index in [2.05, 4.69) is 25.5 Å². The van der Waals surface area contributed by atoms with E-state index in [1.165, 1.54) is 12.6 Å². The van der Waals surface area contributed by atoms with Gasteiger partial charge in [-0.3, -0.25) is 5.10 Å². The van der Waals surface area contributed by atoms with Gasteiger partial charge in [-0.25, -0.2) is 14.8 Å². The normalized spacial score (nSPS) is 17.4. The van der Waals surface area contributed by atoms with Crippen LogP contribution in [-0.2, 0) is 4.74 Å². The molecule has 0 spiro atoms. The zero-order valence-electron chi connectivity index (χ0n) is 13.3. The summed E-state index contributed by atoms with van der Waals surface area (Å²) in [7, 11) is 0. The van der Waals surface area contributed by atoms with Gasteiger partial charge in [0.2, 0.25) is 5.89 Å². The first-order chi connectivity index (χ1) is 12.3. The maximum atomic E-state index is 12.7. The number of ether oxygens (including phenoxy) is 1. The maximum Gasteiger partial charge on any atom is 0.322 e. The van der Waals surface area contributed by atoms with Crippen LogP contribution in [0.3, 0.4) is 0 Å². The van der Waals surface area contributed by atoms with Crippen molar-refractivity contribution in [3.63, 3.8) is 0 Å². The first-order valence-electron chi connectivity index (χ1n) is 7.82. The van der Waals surface area contributed by atoms with Gasteiger partial charge in [0, 0.05) is 17.8 Å². The summed E-state index contributed by atoms with van der Waals surface area (Å²) in [5.74, 6) is 1.14. The third-order valence-electron chi connectivity index (χ3n) is 3.95. The van der Waals surface area contributed by atoms with Gasteiger partial charge in [0.15, 0.2) is 0 Å². The van der Waals surface area contributed by atoms with E-state index in [0.717, 1.165) is 5.56 Å². The highest BCUT2D eigenvalue weighted by atomic mass is 16.5. The van der Waals surface area contributed by atoms with Crippen molar-refractivity contribution in [3.8, 4) is 11.5 Å². The van der Waals surface area contributed by atoms with E-state index < -0.39 is 0 Å². The van der Waals surface area contributed by atoms with Gasteiger partial charge in [-0.15, -0.1) is 0 Å². The summed E-state index contributed by atoms with van der Waals surface area (Å²) in [5, 5.41) is 9.54. The van der Waals surface area contributed by atoms with E-state index in [4.69, 9.17) is 9.15 Å². The van der Waals surface area contributed by atoms with Crippen LogP contribution < -0.4 is 5.32 Å². The van der Waals surface area contributed by atoms with Crippen LogP contribution in [0.25, 0.3) is 11.5 Å². The SMILES string of the molecule is O=C(Nc1ccc(-c2ncco2)cc1)N1CCOCC1c1ncn[nH]1. The van der Waals surface area contributed by atoms with Crippen LogP contribution in [0.1, 0.15) is 11.9 Å². The highest BCUT2D eigenvalue weighted by Gasteiger charge is 2.30. The molecule has 0 aliphatic carbocycles. The molecular weight excluding hydrogens is 324 g/mol. The largest absolute Gasteiger partial charge is 0.445 e. The van der Waals surface area contributed by atoms with E-state index in [-0.39, 0.29) is 12.1 Å². The predicted molar refractivity (Wildman–Crippen MR) is 87.6 cm³/mol. The van der Waals surface area contributed by atoms with E-state index in [0.29, 0.717) is 37.2 Å². The monoisotopic (exact) mass is 340 g/mol. The number of H-pyrrole nitrogens is 1. The molecule has 2 amide bonds. The van der Waals surface area contributed by atoms with E-state index in [1.807, 2.05) is 12.1 Å². The van der Waals surface area contributed by atoms with Crippen LogP contribution >= 0.6 is 0 Å². The Hall–Kier alpha value is -3.20. The molecule has 1 aliphatic heterocycles. The quantitative estimate of drug-likeness (QED) is 0.755. The van der Waals surface area contributed by atoms with Crippen LogP contribution in [-0.4, -0.2) is 50.9 Å². The number of morpholine rings is 1. The molecule has 9 nitrogen and oxygen atoms in total. The van der Waals surface area contributed by atoms with E-state index in [9.17, 15) is 4.79 Å². The molecule has 9 heteroatoms. The molecule has 3 heterocycles. The summed E-state index contributed by atoms with van der Waals surface area (Å²) >= 11 is 0. The van der Waals surface area contributed by atoms with Gasteiger partial charge in [0.05, 0.1) is 19.4 Å². The molecule has 1 aromatic carbocycles. The van der Waals surface area contributed by atoms with Gasteiger partial charge in [-0.1, -0.05) is 0 Å². The van der Waals surface area contributed by atoms with Crippen molar-refractivity contribution >= 4 is 11.7 Å². The highest BCUT2D eigenvalue weighted by Crippen LogP contribution is 2.23. The van der Waals surface area contributed by atoms with Crippen LogP contribution in [0.2, 0.25) is 0 Å². The Labute approximate surface area is 143 Å². The van der Waals surface area contributed by atoms with Gasteiger partial charge >= 0.3 is 6.03 Å². The first-order valence-corrected chi connectivity index (χ1v) is 7.82. The van der Waals surface area contributed by atoms with Crippen molar-refractivity contribution in [1.82, 2.24) is 25.1 Å². The second-order valence-corrected chi connectivity index (χ2v) is 5.50. The minimum atomic E-state index is -0.289. The lowest BCUT2D eigenvalue weighted by Gasteiger charge is -2.34. The molecule has 128 valence electrons. The Morgan fingerprint density at radius 3 is 2.88 bits per heavy atom. The third kappa shape index (κ3) is 3.22. The molecule has 1 fully saturated rings. The van der Waals surface area contributed by atoms with E-state index in [1.54, 1.807) is 23.2 Å². The van der Waals surface area contributed by atoms with Crippen molar-refractivity contribution in [1.29, 1.82) is 0 Å². The summed E-state index contributed by atoms with van der Waals surface area (Å²) in [4.78, 5) is 22.6. The number of hydrogen-bond donors (Lipinski definition) is 2. The number of hydrogen-bond acceptors (Lipinski definition) is 6. The summed E-state index contributed by atoms with van der Waals surface area (Å²) < 4.78 is 10.7. The minimum absolute atomic E-state index is 0.214. The fourth-order valence-electron chi connectivity index (χ4n) is 2.71. The molecule has 1 aliphatic rings. The van der Waals surface area contributed by atoms with Crippen LogP contribution in [0.4, 0.5) is 10.5 Å². The number of anilines is 1. The lowest BCUT2D eigenvalue weighted by molar-refractivity contribution is 0.0118. The molecule has 25 heavy (non-hydrogen) atoms. The molecule has 1 saturated heterocycles. The molecule has 3 aromatic rings. The van der Waals surface area contributed by atoms with Crippen molar-refractivity contribution in [3.05, 3.63) is 48.9 Å². The van der Waals surface area contributed by atoms with Crippen molar-refractivity contribution in [2.75, 3.05) is 25.1 Å². The Bertz CT molecular complexity index is 816. The Morgan fingerprint density at radius 1 is 1.28 bits per heavy atom. The number of amides is 2. The van der Waals surface area contributed by atoms with Crippen molar-refractivity contribution in [2.45, 2.75) is 6.04 Å². The number of urea groups is 1. The molecule has 2 aromatic heterocycles. The molecule has 1 unspecified atom stereocenters. The lowest BCUT2D eigenvalue weighted by Crippen LogP contribution is -2.45. The summed E-state index contributed by atoms with van der Waals surface area (Å²) in [6.45, 7) is 1.35. The fourth-order valence-corrected chi connectivity index (χ4v) is 2.71. The maximum absolute atomic E-state index is 12.7. The molecule has 0 saturated carbocycles. The Balaban J connectivity index is 1.47. The molecule has 4 rings (SSSR count). The number of carbonyl (C=O) groups is 1. The number of benzene rings is 1. The lowest BCUT2D eigenvalue weighted by atomic mass is 10.2. The highest BCUT2D eigenvalue weighted by molar-refractivity contribution is 5.89. The van der Waals surface area contributed by atoms with Gasteiger partial charge < -0.3 is 19.4 Å². The molecule has 2 N–H and O–H groups in total. The number of carbonyl (C=O) groups excluding carboxylic acids is 1. The number of aromatic amines is 1. The summed E-state index contributed by atoms with van der Waals surface area (Å²) in [6, 6.07) is 6.79. The second kappa shape index (κ2) is 6.73. The number of rotatable bonds is 3. The second-order valence-electron chi connectivity index (χ2n) is 5.50. The number of oxazole rings is 1. The van der Waals surface area contributed by atoms with Gasteiger partial charge in [-0.2, -0.15) is 5.10 Å². The summed E-state index contributed by atoms with van der Waals surface area (Å²) in [6.07, 6.45) is 4.53. The average Bonchev–Trinajstić information content (AvgIpc) is 3.36. The van der Waals surface area contributed by atoms with Crippen LogP contribution in [0, 0.1) is 0 Å². The number of nitrogens with zero attached hydrogens (tertiary/aromatic N) is 4. The van der Waals surface area contributed by atoms with Crippen molar-refractivity contribution < 1.29 is 13.9 Å². The summed E-state index contributed by atoms with van der Waals surface area (Å²) in [5.41, 5.74) is 1.53. The fraction of sp³-hybridized carbons (Fsp3) is 0.250. The van der Waals surface area contributed by atoms with Gasteiger partial charge in [-0.05, 0) is 24.3 Å². The topological polar surface area (TPSA) is 109 Å². The molecule has 0 bridgehead atoms. The molecule has 1 atom stereocenters. The third-order valence-corrected chi connectivity index (χ3v) is 3.95. The standard InChI is InChI=1S/C16H16N6O3/c23-16(22-6-8-24-9-13(22)14-18-10-19-21-14)20-12-3-1-11(2-4-12)15-17-5-7-25-15/h1-5,7,10,13H,6,8-9H2,(H,20,23)(H,18,19,21). The zero-order valence-corrected chi connectivity index (χ0v) is 13.3. The van der Waals surface area contributed by atoms with Gasteiger partial charge in [0.25, 0.3) is 0 Å². The van der Waals surface area contributed by atoms with Crippen molar-refractivity contribution in [2.24, 2.45) is 0 Å². The average molecular weight is 340 g/mol. The minimum Gasteiger partial charge on any atom is -0.445 e. The van der Waals surface area contributed by atoms with Crippen LogP contribution in [0.5, 0.6) is 0 Å². The first kappa shape index (κ1) is 15.3. The van der Waals surface area contributed by atoms with Crippen LogP contribution in [0.15, 0.2) is 47.5 Å². The Kier molecular flexibility index (Phi) is 4.13. The molecular formula is C16H16N6O3. The Morgan fingerprint density at radius 2 is 2.16 bits per heavy atom. The van der Waals surface area contributed by atoms with E-state index >= 15 is 0 Å². The number of nitrogens with one attached hydrogen (secondary N) is 2. The zero-order chi connectivity index (χ0) is 17.1. The smallest absolute Gasteiger partial charge is 0.322 e. The predicted octanol–water partition coefficient (Wildman–Crippen LogP) is 2.07. The molecule has 0 radical (unpaired) electrons.